The van der Waals surface area contributed by atoms with Gasteiger partial charge in [-0.05, 0) is 25.2 Å². The summed E-state index contributed by atoms with van der Waals surface area (Å²) < 4.78 is 20.6. The van der Waals surface area contributed by atoms with Gasteiger partial charge < -0.3 is 28.7 Å². The SMILES string of the molecule is CCCCCCCCCCP(=O)([O-])[O-].CCCCCCCCCCP(=O)([O-])[O-].[Mo+4]. The van der Waals surface area contributed by atoms with Crippen LogP contribution in [0.3, 0.4) is 0 Å². The Morgan fingerprint density at radius 3 is 0.862 bits per heavy atom. The standard InChI is InChI=1S/2C10H23O3P.Mo/c2*1-2-3-4-5-6-7-8-9-10-14(11,12)13;/h2*2-10H2,1H3,(H2,11,12,13);/q;;+4/p-4. The van der Waals surface area contributed by atoms with E-state index in [1.54, 1.807) is 0 Å². The molecule has 0 aliphatic carbocycles. The summed E-state index contributed by atoms with van der Waals surface area (Å²) in [5, 5.41) is 0. The van der Waals surface area contributed by atoms with Crippen molar-refractivity contribution in [2.45, 2.75) is 117 Å². The molecule has 0 aromatic rings. The van der Waals surface area contributed by atoms with Crippen molar-refractivity contribution >= 4 is 15.2 Å². The second-order valence-corrected chi connectivity index (χ2v) is 11.0. The van der Waals surface area contributed by atoms with E-state index in [-0.39, 0.29) is 33.4 Å². The van der Waals surface area contributed by atoms with Gasteiger partial charge in [-0.1, -0.05) is 119 Å². The molecule has 0 amide bonds. The zero-order valence-corrected chi connectivity index (χ0v) is 22.3. The molecule has 0 bridgehead atoms. The van der Waals surface area contributed by atoms with Gasteiger partial charge in [-0.3, -0.25) is 0 Å². The summed E-state index contributed by atoms with van der Waals surface area (Å²) in [6.45, 7) is 4.36. The Balaban J connectivity index is -0.000000451. The molecule has 6 nitrogen and oxygen atoms in total. The fourth-order valence-corrected chi connectivity index (χ4v) is 4.10. The van der Waals surface area contributed by atoms with Gasteiger partial charge >= 0.3 is 21.1 Å². The van der Waals surface area contributed by atoms with Crippen molar-refractivity contribution in [3.63, 3.8) is 0 Å². The smallest absolute Gasteiger partial charge is 0.811 e. The quantitative estimate of drug-likeness (QED) is 0.148. The van der Waals surface area contributed by atoms with E-state index in [9.17, 15) is 28.7 Å². The molecule has 0 rings (SSSR count). The van der Waals surface area contributed by atoms with Crippen LogP contribution in [-0.4, -0.2) is 12.3 Å². The first-order valence-electron chi connectivity index (χ1n) is 11.1. The summed E-state index contributed by atoms with van der Waals surface area (Å²) in [6, 6.07) is 0. The van der Waals surface area contributed by atoms with Gasteiger partial charge in [-0.2, -0.15) is 0 Å². The first-order chi connectivity index (χ1) is 13.1. The van der Waals surface area contributed by atoms with Crippen molar-refractivity contribution in [2.24, 2.45) is 0 Å². The summed E-state index contributed by atoms with van der Waals surface area (Å²) in [5.74, 6) is 0. The predicted molar refractivity (Wildman–Crippen MR) is 110 cm³/mol. The maximum absolute atomic E-state index is 10.3. The van der Waals surface area contributed by atoms with Crippen LogP contribution in [0.2, 0.25) is 0 Å². The Morgan fingerprint density at radius 2 is 0.655 bits per heavy atom. The van der Waals surface area contributed by atoms with E-state index in [1.165, 1.54) is 64.2 Å². The maximum Gasteiger partial charge on any atom is 4.00 e. The molecule has 29 heavy (non-hydrogen) atoms. The van der Waals surface area contributed by atoms with Crippen LogP contribution in [0.5, 0.6) is 0 Å². The third kappa shape index (κ3) is 40.0. The van der Waals surface area contributed by atoms with Crippen molar-refractivity contribution in [2.75, 3.05) is 12.3 Å². The summed E-state index contributed by atoms with van der Waals surface area (Å²) in [4.78, 5) is 41.1. The normalized spacial score (nSPS) is 11.5. The molecule has 9 heteroatoms. The first kappa shape index (κ1) is 34.6. The van der Waals surface area contributed by atoms with E-state index in [4.69, 9.17) is 0 Å². The van der Waals surface area contributed by atoms with Crippen molar-refractivity contribution in [1.82, 2.24) is 0 Å². The molecule has 0 atom stereocenters. The molecule has 0 spiro atoms. The molecule has 0 unspecified atom stereocenters. The van der Waals surface area contributed by atoms with Crippen LogP contribution in [-0.2, 0) is 30.2 Å². The van der Waals surface area contributed by atoms with Gasteiger partial charge in [0.05, 0.1) is 0 Å². The monoisotopic (exact) mass is 538 g/mol. The van der Waals surface area contributed by atoms with Crippen LogP contribution < -0.4 is 19.6 Å². The third-order valence-corrected chi connectivity index (χ3v) is 6.30. The molecule has 0 aliphatic rings. The molecule has 0 aliphatic heterocycles. The summed E-state index contributed by atoms with van der Waals surface area (Å²) in [6.07, 6.45) is 17.0. The fourth-order valence-electron chi connectivity index (χ4n) is 2.88. The van der Waals surface area contributed by atoms with Gasteiger partial charge in [-0.15, -0.1) is 0 Å². The first-order valence-corrected chi connectivity index (χ1v) is 14.6. The van der Waals surface area contributed by atoms with Crippen LogP contribution in [0.1, 0.15) is 117 Å². The van der Waals surface area contributed by atoms with Gasteiger partial charge in [-0.25, -0.2) is 0 Å². The molecule has 0 fully saturated rings. The Morgan fingerprint density at radius 1 is 0.448 bits per heavy atom. The molecular formula is C20H42MoO6P2. The number of hydrogen-bond acceptors (Lipinski definition) is 6. The minimum absolute atomic E-state index is 0. The van der Waals surface area contributed by atoms with E-state index >= 15 is 0 Å². The largest absolute Gasteiger partial charge is 4.00 e. The summed E-state index contributed by atoms with van der Waals surface area (Å²) >= 11 is 0. The Kier molecular flexibility index (Phi) is 28.2. The molecule has 0 aromatic heterocycles. The Hall–Kier alpha value is 0.988. The summed E-state index contributed by atoms with van der Waals surface area (Å²) in [5.41, 5.74) is 0. The molecule has 0 saturated heterocycles. The molecule has 0 radical (unpaired) electrons. The van der Waals surface area contributed by atoms with Gasteiger partial charge in [0.1, 0.15) is 0 Å². The van der Waals surface area contributed by atoms with Crippen LogP contribution in [0.25, 0.3) is 0 Å². The molecular weight excluding hydrogens is 494 g/mol. The third-order valence-electron chi connectivity index (χ3n) is 4.57. The van der Waals surface area contributed by atoms with Crippen molar-refractivity contribution in [3.8, 4) is 0 Å². The van der Waals surface area contributed by atoms with Crippen LogP contribution >= 0.6 is 15.2 Å². The van der Waals surface area contributed by atoms with Crippen LogP contribution in [0.15, 0.2) is 0 Å². The molecule has 0 N–H and O–H groups in total. The van der Waals surface area contributed by atoms with E-state index in [0.29, 0.717) is 12.8 Å². The van der Waals surface area contributed by atoms with Gasteiger partial charge in [0.25, 0.3) is 0 Å². The Labute approximate surface area is 193 Å². The zero-order chi connectivity index (χ0) is 21.7. The van der Waals surface area contributed by atoms with E-state index < -0.39 is 15.2 Å². The molecule has 0 aromatic carbocycles. The van der Waals surface area contributed by atoms with Crippen LogP contribution in [0.4, 0.5) is 0 Å². The van der Waals surface area contributed by atoms with Gasteiger partial charge in [0, 0.05) is 0 Å². The topological polar surface area (TPSA) is 126 Å². The van der Waals surface area contributed by atoms with Crippen molar-refractivity contribution < 1.29 is 49.8 Å². The Bertz CT molecular complexity index is 374. The minimum atomic E-state index is -4.23. The maximum atomic E-state index is 10.3. The predicted octanol–water partition coefficient (Wildman–Crippen LogP) is 4.08. The number of rotatable bonds is 18. The number of hydrogen-bond donors (Lipinski definition) is 0. The summed E-state index contributed by atoms with van der Waals surface area (Å²) in [7, 11) is -8.46. The van der Waals surface area contributed by atoms with E-state index in [1.807, 2.05) is 0 Å². The second-order valence-electron chi connectivity index (χ2n) is 7.62. The molecule has 0 saturated carbocycles. The molecule has 0 heterocycles. The van der Waals surface area contributed by atoms with Crippen LogP contribution in [0, 0.1) is 0 Å². The average Bonchev–Trinajstić information content (AvgIpc) is 2.58. The fraction of sp³-hybridized carbons (Fsp3) is 1.00. The second kappa shape index (κ2) is 23.6. The molecule has 174 valence electrons. The number of unbranched alkanes of at least 4 members (excludes halogenated alkanes) is 14. The average molecular weight is 536 g/mol. The minimum Gasteiger partial charge on any atom is -0.811 e. The van der Waals surface area contributed by atoms with Gasteiger partial charge in [0.2, 0.25) is 0 Å². The van der Waals surface area contributed by atoms with E-state index in [2.05, 4.69) is 13.8 Å². The van der Waals surface area contributed by atoms with Crippen molar-refractivity contribution in [3.05, 3.63) is 0 Å². The van der Waals surface area contributed by atoms with Gasteiger partial charge in [0.15, 0.2) is 0 Å². The van der Waals surface area contributed by atoms with E-state index in [0.717, 1.165) is 25.7 Å². The zero-order valence-electron chi connectivity index (χ0n) is 18.5. The van der Waals surface area contributed by atoms with Crippen molar-refractivity contribution in [1.29, 1.82) is 0 Å².